The van der Waals surface area contributed by atoms with Crippen molar-refractivity contribution in [1.82, 2.24) is 24.0 Å². The van der Waals surface area contributed by atoms with Gasteiger partial charge in [0.25, 0.3) is 5.56 Å². The van der Waals surface area contributed by atoms with Crippen LogP contribution in [-0.4, -0.2) is 56.9 Å². The number of H-pyrrole nitrogens is 1. The van der Waals surface area contributed by atoms with Crippen molar-refractivity contribution in [3.8, 4) is 0 Å². The van der Waals surface area contributed by atoms with Gasteiger partial charge in [0.15, 0.2) is 5.65 Å². The third-order valence-corrected chi connectivity index (χ3v) is 4.98. The summed E-state index contributed by atoms with van der Waals surface area (Å²) in [6, 6.07) is 0. The third-order valence-electron chi connectivity index (χ3n) is 4.98. The molecule has 0 aromatic carbocycles. The van der Waals surface area contributed by atoms with Crippen LogP contribution in [0, 0.1) is 0 Å². The van der Waals surface area contributed by atoms with E-state index in [1.54, 1.807) is 4.57 Å². The number of nitrogens with one attached hydrogen (secondary N) is 1. The van der Waals surface area contributed by atoms with Crippen molar-refractivity contribution >= 4 is 11.2 Å². The zero-order chi connectivity index (χ0) is 19.6. The third kappa shape index (κ3) is 4.16. The fraction of sp³-hybridized carbons (Fsp3) is 0.737. The molecule has 8 heteroatoms. The normalized spacial score (nSPS) is 16.3. The fourth-order valence-electron chi connectivity index (χ4n) is 3.42. The highest BCUT2D eigenvalue weighted by atomic mass is 16.5. The number of morpholine rings is 1. The van der Waals surface area contributed by atoms with Gasteiger partial charge in [-0.25, -0.2) is 9.78 Å². The van der Waals surface area contributed by atoms with E-state index in [1.165, 1.54) is 4.57 Å². The van der Waals surface area contributed by atoms with Crippen LogP contribution in [0.2, 0.25) is 0 Å². The van der Waals surface area contributed by atoms with E-state index in [1.807, 2.05) is 27.7 Å². The van der Waals surface area contributed by atoms with Gasteiger partial charge >= 0.3 is 5.69 Å². The summed E-state index contributed by atoms with van der Waals surface area (Å²) in [7, 11) is 0. The molecule has 8 nitrogen and oxygen atoms in total. The minimum atomic E-state index is -0.274. The molecular weight excluding hydrogens is 346 g/mol. The second kappa shape index (κ2) is 7.98. The lowest BCUT2D eigenvalue weighted by atomic mass is 9.96. The largest absolute Gasteiger partial charge is 0.379 e. The number of aryl methyl sites for hydroxylation is 1. The molecule has 1 aliphatic rings. The number of hydrogen-bond donors (Lipinski definition) is 1. The molecule has 0 saturated carbocycles. The van der Waals surface area contributed by atoms with Crippen molar-refractivity contribution in [2.24, 2.45) is 0 Å². The molecule has 1 fully saturated rings. The van der Waals surface area contributed by atoms with Crippen molar-refractivity contribution in [3.05, 3.63) is 26.7 Å². The first-order valence-electron chi connectivity index (χ1n) is 9.87. The van der Waals surface area contributed by atoms with Gasteiger partial charge in [-0.05, 0) is 12.8 Å². The highest BCUT2D eigenvalue weighted by molar-refractivity contribution is 5.70. The van der Waals surface area contributed by atoms with Crippen LogP contribution in [0.5, 0.6) is 0 Å². The highest BCUT2D eigenvalue weighted by Crippen LogP contribution is 2.20. The number of hydrogen-bond acceptors (Lipinski definition) is 5. The van der Waals surface area contributed by atoms with E-state index in [-0.39, 0.29) is 16.7 Å². The van der Waals surface area contributed by atoms with E-state index in [0.29, 0.717) is 24.3 Å². The Morgan fingerprint density at radius 3 is 2.41 bits per heavy atom. The molecule has 0 unspecified atom stereocenters. The Kier molecular flexibility index (Phi) is 5.86. The molecule has 150 valence electrons. The number of aromatic amines is 1. The average molecular weight is 377 g/mol. The van der Waals surface area contributed by atoms with Crippen LogP contribution in [0.15, 0.2) is 9.59 Å². The standard InChI is InChI=1S/C19H31N5O3/c1-5-7-24-16(25)14-15(21-17(20-14)19(2,3)4)23(18(24)26)9-6-8-22-10-12-27-13-11-22/h5-13H2,1-4H3,(H,20,21). The Morgan fingerprint density at radius 2 is 1.78 bits per heavy atom. The lowest BCUT2D eigenvalue weighted by Crippen LogP contribution is -2.41. The summed E-state index contributed by atoms with van der Waals surface area (Å²) in [5.41, 5.74) is 0.145. The highest BCUT2D eigenvalue weighted by Gasteiger charge is 2.23. The van der Waals surface area contributed by atoms with Crippen LogP contribution in [0.1, 0.15) is 46.4 Å². The van der Waals surface area contributed by atoms with E-state index in [9.17, 15) is 9.59 Å². The molecule has 0 spiro atoms. The van der Waals surface area contributed by atoms with Gasteiger partial charge in [-0.1, -0.05) is 27.7 Å². The molecule has 2 aromatic rings. The van der Waals surface area contributed by atoms with Crippen molar-refractivity contribution in [2.75, 3.05) is 32.8 Å². The summed E-state index contributed by atoms with van der Waals surface area (Å²) < 4.78 is 8.38. The van der Waals surface area contributed by atoms with Crippen LogP contribution < -0.4 is 11.2 Å². The van der Waals surface area contributed by atoms with E-state index in [2.05, 4.69) is 14.9 Å². The summed E-state index contributed by atoms with van der Waals surface area (Å²) >= 11 is 0. The fourth-order valence-corrected chi connectivity index (χ4v) is 3.42. The Hall–Kier alpha value is -1.93. The topological polar surface area (TPSA) is 85.2 Å². The van der Waals surface area contributed by atoms with Gasteiger partial charge in [-0.3, -0.25) is 18.8 Å². The molecule has 1 saturated heterocycles. The maximum absolute atomic E-state index is 13.0. The molecule has 0 amide bonds. The molecule has 3 rings (SSSR count). The molecule has 1 aliphatic heterocycles. The maximum Gasteiger partial charge on any atom is 0.332 e. The number of aromatic nitrogens is 4. The predicted molar refractivity (Wildman–Crippen MR) is 105 cm³/mol. The van der Waals surface area contributed by atoms with Crippen LogP contribution in [-0.2, 0) is 23.2 Å². The second-order valence-corrected chi connectivity index (χ2v) is 8.23. The van der Waals surface area contributed by atoms with Gasteiger partial charge in [-0.15, -0.1) is 0 Å². The number of ether oxygens (including phenoxy) is 1. The van der Waals surface area contributed by atoms with E-state index in [4.69, 9.17) is 4.74 Å². The quantitative estimate of drug-likeness (QED) is 0.821. The van der Waals surface area contributed by atoms with E-state index < -0.39 is 0 Å². The Balaban J connectivity index is 1.96. The molecule has 27 heavy (non-hydrogen) atoms. The SMILES string of the molecule is CCCn1c(=O)c2[nH]c(C(C)(C)C)nc2n(CCCN2CCOCC2)c1=O. The lowest BCUT2D eigenvalue weighted by Gasteiger charge is -2.26. The molecule has 0 radical (unpaired) electrons. The van der Waals surface area contributed by atoms with Crippen molar-refractivity contribution < 1.29 is 4.74 Å². The average Bonchev–Trinajstić information content (AvgIpc) is 3.08. The molecule has 0 aliphatic carbocycles. The van der Waals surface area contributed by atoms with Gasteiger partial charge in [0.05, 0.1) is 13.2 Å². The second-order valence-electron chi connectivity index (χ2n) is 8.23. The first-order chi connectivity index (χ1) is 12.8. The maximum atomic E-state index is 13.0. The zero-order valence-electron chi connectivity index (χ0n) is 16.9. The summed E-state index contributed by atoms with van der Waals surface area (Å²) in [5.74, 6) is 0.727. The Labute approximate surface area is 159 Å². The van der Waals surface area contributed by atoms with Crippen LogP contribution >= 0.6 is 0 Å². The Bertz CT molecular complexity index is 897. The summed E-state index contributed by atoms with van der Waals surface area (Å²) in [5, 5.41) is 0. The van der Waals surface area contributed by atoms with Crippen LogP contribution in [0.25, 0.3) is 11.2 Å². The van der Waals surface area contributed by atoms with Crippen molar-refractivity contribution in [3.63, 3.8) is 0 Å². The molecule has 2 aromatic heterocycles. The predicted octanol–water partition coefficient (Wildman–Crippen LogP) is 1.32. The lowest BCUT2D eigenvalue weighted by molar-refractivity contribution is 0.0369. The minimum Gasteiger partial charge on any atom is -0.379 e. The summed E-state index contributed by atoms with van der Waals surface area (Å²) in [6.45, 7) is 13.3. The smallest absolute Gasteiger partial charge is 0.332 e. The molecule has 1 N–H and O–H groups in total. The number of fused-ring (bicyclic) bond motifs is 1. The van der Waals surface area contributed by atoms with E-state index in [0.717, 1.165) is 51.5 Å². The summed E-state index contributed by atoms with van der Waals surface area (Å²) in [4.78, 5) is 35.9. The van der Waals surface area contributed by atoms with Gasteiger partial charge in [0.2, 0.25) is 0 Å². The minimum absolute atomic E-state index is 0.226. The monoisotopic (exact) mass is 377 g/mol. The molecule has 3 heterocycles. The van der Waals surface area contributed by atoms with Crippen LogP contribution in [0.4, 0.5) is 0 Å². The van der Waals surface area contributed by atoms with Crippen LogP contribution in [0.3, 0.4) is 0 Å². The molecular formula is C19H31N5O3. The molecule has 0 atom stereocenters. The van der Waals surface area contributed by atoms with Gasteiger partial charge in [0, 0.05) is 38.1 Å². The first-order valence-corrected chi connectivity index (χ1v) is 9.87. The molecule has 0 bridgehead atoms. The van der Waals surface area contributed by atoms with Gasteiger partial charge in [0.1, 0.15) is 11.3 Å². The zero-order valence-corrected chi connectivity index (χ0v) is 16.9. The van der Waals surface area contributed by atoms with Crippen molar-refractivity contribution in [1.29, 1.82) is 0 Å². The van der Waals surface area contributed by atoms with Gasteiger partial charge < -0.3 is 9.72 Å². The van der Waals surface area contributed by atoms with Gasteiger partial charge in [-0.2, -0.15) is 0 Å². The first kappa shape index (κ1) is 19.8. The number of imidazole rings is 1. The number of nitrogens with zero attached hydrogens (tertiary/aromatic N) is 4. The summed E-state index contributed by atoms with van der Waals surface area (Å²) in [6.07, 6.45) is 1.56. The Morgan fingerprint density at radius 1 is 1.07 bits per heavy atom. The van der Waals surface area contributed by atoms with Crippen molar-refractivity contribution in [2.45, 2.75) is 59.0 Å². The number of rotatable bonds is 6. The van der Waals surface area contributed by atoms with E-state index >= 15 is 0 Å².